The van der Waals surface area contributed by atoms with Crippen molar-refractivity contribution in [2.24, 2.45) is 0 Å². The highest BCUT2D eigenvalue weighted by Crippen LogP contribution is 2.41. The molecule has 0 spiro atoms. The molecule has 0 saturated carbocycles. The van der Waals surface area contributed by atoms with Crippen LogP contribution in [0.3, 0.4) is 0 Å². The number of halogens is 1. The van der Waals surface area contributed by atoms with Crippen LogP contribution < -0.4 is 5.32 Å². The monoisotopic (exact) mass is 269 g/mol. The highest BCUT2D eigenvalue weighted by Gasteiger charge is 2.29. The van der Waals surface area contributed by atoms with Crippen LogP contribution in [0.1, 0.15) is 42.0 Å². The van der Waals surface area contributed by atoms with Gasteiger partial charge >= 0.3 is 0 Å². The fourth-order valence-electron chi connectivity index (χ4n) is 3.32. The van der Waals surface area contributed by atoms with Gasteiger partial charge in [0.15, 0.2) is 0 Å². The molecule has 0 aliphatic heterocycles. The molecule has 2 unspecified atom stereocenters. The first kappa shape index (κ1) is 13.3. The van der Waals surface area contributed by atoms with Gasteiger partial charge in [-0.25, -0.2) is 4.39 Å². The zero-order chi connectivity index (χ0) is 13.9. The summed E-state index contributed by atoms with van der Waals surface area (Å²) in [5.41, 5.74) is 4.08. The second-order valence-electron chi connectivity index (χ2n) is 5.43. The van der Waals surface area contributed by atoms with Gasteiger partial charge in [-0.05, 0) is 48.2 Å². The Labute approximate surface area is 119 Å². The molecule has 2 aromatic rings. The summed E-state index contributed by atoms with van der Waals surface area (Å²) in [7, 11) is 0. The van der Waals surface area contributed by atoms with Gasteiger partial charge in [0.05, 0.1) is 0 Å². The van der Waals surface area contributed by atoms with E-state index in [-0.39, 0.29) is 11.9 Å². The first-order valence-corrected chi connectivity index (χ1v) is 7.36. The van der Waals surface area contributed by atoms with Crippen LogP contribution in [-0.2, 0) is 6.42 Å². The fraction of sp³-hybridized carbons (Fsp3) is 0.333. The summed E-state index contributed by atoms with van der Waals surface area (Å²) in [4.78, 5) is 0. The molecule has 0 saturated heterocycles. The van der Waals surface area contributed by atoms with Crippen molar-refractivity contribution in [2.45, 2.75) is 31.7 Å². The van der Waals surface area contributed by atoms with Crippen molar-refractivity contribution in [3.63, 3.8) is 0 Å². The van der Waals surface area contributed by atoms with E-state index in [9.17, 15) is 4.39 Å². The first-order valence-electron chi connectivity index (χ1n) is 7.36. The van der Waals surface area contributed by atoms with Crippen LogP contribution in [0.15, 0.2) is 48.5 Å². The topological polar surface area (TPSA) is 12.0 Å². The summed E-state index contributed by atoms with van der Waals surface area (Å²) in [6, 6.07) is 15.9. The average Bonchev–Trinajstić information content (AvgIpc) is 2.90. The van der Waals surface area contributed by atoms with E-state index in [2.05, 4.69) is 36.5 Å². The molecule has 0 radical (unpaired) electrons. The lowest BCUT2D eigenvalue weighted by Crippen LogP contribution is -2.26. The Morgan fingerprint density at radius 2 is 1.90 bits per heavy atom. The van der Waals surface area contributed by atoms with E-state index < -0.39 is 0 Å². The van der Waals surface area contributed by atoms with Gasteiger partial charge in [0, 0.05) is 12.0 Å². The number of aryl methyl sites for hydroxylation is 1. The molecule has 0 bridgehead atoms. The van der Waals surface area contributed by atoms with E-state index in [1.165, 1.54) is 16.7 Å². The molecule has 1 aliphatic carbocycles. The maximum atomic E-state index is 13.1. The zero-order valence-electron chi connectivity index (χ0n) is 11.8. The van der Waals surface area contributed by atoms with Crippen molar-refractivity contribution in [2.75, 3.05) is 6.54 Å². The van der Waals surface area contributed by atoms with E-state index in [0.717, 1.165) is 19.4 Å². The molecule has 1 nitrogen and oxygen atoms in total. The van der Waals surface area contributed by atoms with Crippen molar-refractivity contribution in [1.82, 2.24) is 5.32 Å². The number of hydrogen-bond acceptors (Lipinski definition) is 1. The van der Waals surface area contributed by atoms with Crippen molar-refractivity contribution < 1.29 is 4.39 Å². The van der Waals surface area contributed by atoms with Crippen molar-refractivity contribution in [1.29, 1.82) is 0 Å². The maximum Gasteiger partial charge on any atom is 0.123 e. The molecule has 0 amide bonds. The van der Waals surface area contributed by atoms with Crippen LogP contribution in [0.4, 0.5) is 4.39 Å². The molecule has 2 atom stereocenters. The lowest BCUT2D eigenvalue weighted by molar-refractivity contribution is 0.452. The van der Waals surface area contributed by atoms with Gasteiger partial charge in [-0.2, -0.15) is 0 Å². The largest absolute Gasteiger partial charge is 0.310 e. The van der Waals surface area contributed by atoms with Crippen molar-refractivity contribution >= 4 is 0 Å². The molecule has 2 aromatic carbocycles. The molecular formula is C18H20FN. The number of rotatable bonds is 4. The van der Waals surface area contributed by atoms with Crippen LogP contribution in [0, 0.1) is 5.82 Å². The lowest BCUT2D eigenvalue weighted by atomic mass is 9.88. The molecule has 104 valence electrons. The van der Waals surface area contributed by atoms with E-state index in [1.54, 1.807) is 12.1 Å². The predicted molar refractivity (Wildman–Crippen MR) is 80.3 cm³/mol. The second-order valence-corrected chi connectivity index (χ2v) is 5.43. The molecule has 0 fully saturated rings. The molecule has 0 heterocycles. The van der Waals surface area contributed by atoms with Gasteiger partial charge < -0.3 is 5.32 Å². The SMILES string of the molecule is CCNC(c1ccc(F)cc1)C1CCc2ccccc21. The Kier molecular flexibility index (Phi) is 3.83. The Hall–Kier alpha value is -1.67. The Morgan fingerprint density at radius 1 is 1.15 bits per heavy atom. The average molecular weight is 269 g/mol. The standard InChI is InChI=1S/C18H20FN/c1-2-20-18(14-7-10-15(19)11-8-14)17-12-9-13-5-3-4-6-16(13)17/h3-8,10-11,17-18,20H,2,9,12H2,1H3. The summed E-state index contributed by atoms with van der Waals surface area (Å²) >= 11 is 0. The third-order valence-corrected chi connectivity index (χ3v) is 4.23. The summed E-state index contributed by atoms with van der Waals surface area (Å²) in [6.45, 7) is 3.04. The van der Waals surface area contributed by atoms with E-state index >= 15 is 0 Å². The van der Waals surface area contributed by atoms with Crippen molar-refractivity contribution in [3.8, 4) is 0 Å². The zero-order valence-corrected chi connectivity index (χ0v) is 11.8. The van der Waals surface area contributed by atoms with Crippen LogP contribution in [0.2, 0.25) is 0 Å². The molecule has 1 aliphatic rings. The van der Waals surface area contributed by atoms with Gasteiger partial charge in [-0.1, -0.05) is 43.3 Å². The Morgan fingerprint density at radius 3 is 2.65 bits per heavy atom. The number of likely N-dealkylation sites (N-methyl/N-ethyl adjacent to an activating group) is 1. The van der Waals surface area contributed by atoms with Crippen LogP contribution in [0.25, 0.3) is 0 Å². The van der Waals surface area contributed by atoms with Gasteiger partial charge in [0.25, 0.3) is 0 Å². The smallest absolute Gasteiger partial charge is 0.123 e. The highest BCUT2D eigenvalue weighted by molar-refractivity contribution is 5.38. The summed E-state index contributed by atoms with van der Waals surface area (Å²) < 4.78 is 13.1. The predicted octanol–water partition coefficient (Wildman–Crippen LogP) is 4.21. The first-order chi connectivity index (χ1) is 9.79. The van der Waals surface area contributed by atoms with Gasteiger partial charge in [-0.3, -0.25) is 0 Å². The molecule has 1 N–H and O–H groups in total. The van der Waals surface area contributed by atoms with Crippen LogP contribution >= 0.6 is 0 Å². The lowest BCUT2D eigenvalue weighted by Gasteiger charge is -2.26. The third-order valence-electron chi connectivity index (χ3n) is 4.23. The molecule has 0 aromatic heterocycles. The normalized spacial score (nSPS) is 18.8. The number of fused-ring (bicyclic) bond motifs is 1. The van der Waals surface area contributed by atoms with E-state index in [1.807, 2.05) is 12.1 Å². The van der Waals surface area contributed by atoms with E-state index in [4.69, 9.17) is 0 Å². The number of hydrogen-bond donors (Lipinski definition) is 1. The van der Waals surface area contributed by atoms with Crippen LogP contribution in [0.5, 0.6) is 0 Å². The third kappa shape index (κ3) is 2.48. The van der Waals surface area contributed by atoms with E-state index in [0.29, 0.717) is 5.92 Å². The molecule has 3 rings (SSSR count). The molecule has 2 heteroatoms. The number of nitrogens with one attached hydrogen (secondary N) is 1. The summed E-state index contributed by atoms with van der Waals surface area (Å²) in [6.07, 6.45) is 2.30. The second kappa shape index (κ2) is 5.76. The Bertz CT molecular complexity index is 576. The fourth-order valence-corrected chi connectivity index (χ4v) is 3.32. The number of benzene rings is 2. The van der Waals surface area contributed by atoms with Crippen molar-refractivity contribution in [3.05, 3.63) is 71.0 Å². The minimum Gasteiger partial charge on any atom is -0.310 e. The minimum atomic E-state index is -0.171. The van der Waals surface area contributed by atoms with Gasteiger partial charge in [0.2, 0.25) is 0 Å². The van der Waals surface area contributed by atoms with Gasteiger partial charge in [0.1, 0.15) is 5.82 Å². The minimum absolute atomic E-state index is 0.171. The maximum absolute atomic E-state index is 13.1. The molecule has 20 heavy (non-hydrogen) atoms. The molecular weight excluding hydrogens is 249 g/mol. The van der Waals surface area contributed by atoms with Crippen LogP contribution in [-0.4, -0.2) is 6.54 Å². The quantitative estimate of drug-likeness (QED) is 0.877. The van der Waals surface area contributed by atoms with Gasteiger partial charge in [-0.15, -0.1) is 0 Å². The highest BCUT2D eigenvalue weighted by atomic mass is 19.1. The Balaban J connectivity index is 1.94. The summed E-state index contributed by atoms with van der Waals surface area (Å²) in [5.74, 6) is 0.312. The summed E-state index contributed by atoms with van der Waals surface area (Å²) in [5, 5.41) is 3.58.